The summed E-state index contributed by atoms with van der Waals surface area (Å²) in [5, 5.41) is 0. The summed E-state index contributed by atoms with van der Waals surface area (Å²) in [6.07, 6.45) is 2.81. The number of nitrogens with zero attached hydrogens (tertiary/aromatic N) is 1. The largest absolute Gasteiger partial charge is 0.444 e. The summed E-state index contributed by atoms with van der Waals surface area (Å²) in [6.45, 7) is 11.2. The fourth-order valence-electron chi connectivity index (χ4n) is 2.18. The van der Waals surface area contributed by atoms with Crippen LogP contribution in [0.3, 0.4) is 0 Å². The number of piperidine rings is 1. The third kappa shape index (κ3) is 3.59. The van der Waals surface area contributed by atoms with Crippen LogP contribution < -0.4 is 0 Å². The van der Waals surface area contributed by atoms with Gasteiger partial charge < -0.3 is 4.74 Å². The summed E-state index contributed by atoms with van der Waals surface area (Å²) in [7, 11) is 0. The maximum atomic E-state index is 12.2. The van der Waals surface area contributed by atoms with Crippen molar-refractivity contribution >= 4 is 11.9 Å². The lowest BCUT2D eigenvalue weighted by atomic mass is 9.93. The highest BCUT2D eigenvalue weighted by atomic mass is 16.6. The topological polar surface area (TPSA) is 46.6 Å². The molecule has 0 saturated carbocycles. The van der Waals surface area contributed by atoms with Gasteiger partial charge in [-0.15, -0.1) is 6.58 Å². The SMILES string of the molecule is C=CC1CC(=O)C[C@@H](CC)N1C(=O)OC(C)(C)C. The Bertz CT molecular complexity index is 343. The van der Waals surface area contributed by atoms with E-state index in [9.17, 15) is 9.59 Å². The van der Waals surface area contributed by atoms with Crippen molar-refractivity contribution in [2.75, 3.05) is 0 Å². The number of hydrogen-bond acceptors (Lipinski definition) is 3. The van der Waals surface area contributed by atoms with E-state index in [0.717, 1.165) is 6.42 Å². The minimum Gasteiger partial charge on any atom is -0.444 e. The van der Waals surface area contributed by atoms with Crippen molar-refractivity contribution in [2.45, 2.75) is 64.6 Å². The number of amides is 1. The smallest absolute Gasteiger partial charge is 0.411 e. The van der Waals surface area contributed by atoms with E-state index in [-0.39, 0.29) is 24.0 Å². The molecule has 0 aromatic heterocycles. The van der Waals surface area contributed by atoms with Gasteiger partial charge in [-0.1, -0.05) is 13.0 Å². The fraction of sp³-hybridized carbons (Fsp3) is 0.714. The first-order chi connectivity index (χ1) is 8.28. The highest BCUT2D eigenvalue weighted by Crippen LogP contribution is 2.25. The highest BCUT2D eigenvalue weighted by molar-refractivity contribution is 5.83. The Morgan fingerprint density at radius 3 is 2.56 bits per heavy atom. The quantitative estimate of drug-likeness (QED) is 0.711. The van der Waals surface area contributed by atoms with Crippen LogP contribution in [0.25, 0.3) is 0 Å². The highest BCUT2D eigenvalue weighted by Gasteiger charge is 2.37. The lowest BCUT2D eigenvalue weighted by Crippen LogP contribution is -2.53. The van der Waals surface area contributed by atoms with Crippen molar-refractivity contribution in [1.82, 2.24) is 4.90 Å². The predicted octanol–water partition coefficient (Wildman–Crippen LogP) is 2.92. The molecule has 4 nitrogen and oxygen atoms in total. The molecule has 1 amide bonds. The van der Waals surface area contributed by atoms with Gasteiger partial charge in [0, 0.05) is 18.9 Å². The summed E-state index contributed by atoms with van der Waals surface area (Å²) in [4.78, 5) is 25.5. The van der Waals surface area contributed by atoms with E-state index >= 15 is 0 Å². The third-order valence-electron chi connectivity index (χ3n) is 3.00. The Kier molecular flexibility index (Phi) is 4.54. The van der Waals surface area contributed by atoms with Gasteiger partial charge in [-0.05, 0) is 27.2 Å². The molecule has 18 heavy (non-hydrogen) atoms. The van der Waals surface area contributed by atoms with Crippen LogP contribution in [0.15, 0.2) is 12.7 Å². The minimum atomic E-state index is -0.525. The Morgan fingerprint density at radius 1 is 1.50 bits per heavy atom. The molecule has 1 fully saturated rings. The Hall–Kier alpha value is -1.32. The number of carbonyl (C=O) groups is 2. The predicted molar refractivity (Wildman–Crippen MR) is 70.4 cm³/mol. The van der Waals surface area contributed by atoms with Crippen LogP contribution in [0.2, 0.25) is 0 Å². The number of carbonyl (C=O) groups excluding carboxylic acids is 2. The van der Waals surface area contributed by atoms with Crippen LogP contribution in [-0.4, -0.2) is 34.5 Å². The van der Waals surface area contributed by atoms with Gasteiger partial charge in [-0.2, -0.15) is 0 Å². The van der Waals surface area contributed by atoms with Gasteiger partial charge in [0.25, 0.3) is 0 Å². The average Bonchev–Trinajstić information content (AvgIpc) is 2.24. The van der Waals surface area contributed by atoms with Crippen molar-refractivity contribution in [2.24, 2.45) is 0 Å². The molecule has 0 N–H and O–H groups in total. The van der Waals surface area contributed by atoms with Gasteiger partial charge in [-0.3, -0.25) is 9.69 Å². The van der Waals surface area contributed by atoms with Crippen molar-refractivity contribution < 1.29 is 14.3 Å². The average molecular weight is 253 g/mol. The third-order valence-corrected chi connectivity index (χ3v) is 3.00. The summed E-state index contributed by atoms with van der Waals surface area (Å²) in [5.74, 6) is 0.187. The molecule has 102 valence electrons. The van der Waals surface area contributed by atoms with Crippen LogP contribution in [0.4, 0.5) is 4.79 Å². The molecule has 0 aliphatic carbocycles. The fourth-order valence-corrected chi connectivity index (χ4v) is 2.18. The summed E-state index contributed by atoms with van der Waals surface area (Å²) in [5.41, 5.74) is -0.525. The molecule has 0 aromatic rings. The van der Waals surface area contributed by atoms with Gasteiger partial charge in [0.05, 0.1) is 6.04 Å². The zero-order valence-corrected chi connectivity index (χ0v) is 11.7. The first-order valence-corrected chi connectivity index (χ1v) is 6.44. The summed E-state index contributed by atoms with van der Waals surface area (Å²) >= 11 is 0. The maximum Gasteiger partial charge on any atom is 0.411 e. The van der Waals surface area contributed by atoms with Gasteiger partial charge >= 0.3 is 6.09 Å². The molecule has 1 saturated heterocycles. The zero-order chi connectivity index (χ0) is 13.9. The molecule has 1 aliphatic rings. The number of ether oxygens (including phenoxy) is 1. The van der Waals surface area contributed by atoms with Gasteiger partial charge in [0.2, 0.25) is 0 Å². The Balaban J connectivity index is 2.89. The standard InChI is InChI=1S/C14H23NO3/c1-6-10-8-12(16)9-11(7-2)15(10)13(17)18-14(3,4)5/h6,10-11H,1,7-9H2,2-5H3/t10?,11-/m1/s1. The minimum absolute atomic E-state index is 0.0795. The molecule has 0 aromatic carbocycles. The van der Waals surface area contributed by atoms with Crippen LogP contribution in [0.1, 0.15) is 47.0 Å². The zero-order valence-electron chi connectivity index (χ0n) is 11.7. The monoisotopic (exact) mass is 253 g/mol. The number of hydrogen-bond donors (Lipinski definition) is 0. The maximum absolute atomic E-state index is 12.2. The van der Waals surface area contributed by atoms with Crippen molar-refractivity contribution in [3.8, 4) is 0 Å². The van der Waals surface area contributed by atoms with Crippen LogP contribution in [0, 0.1) is 0 Å². The molecular weight excluding hydrogens is 230 g/mol. The van der Waals surface area contributed by atoms with E-state index in [1.807, 2.05) is 27.7 Å². The molecular formula is C14H23NO3. The Labute approximate surface area is 109 Å². The molecule has 0 radical (unpaired) electrons. The summed E-state index contributed by atoms with van der Waals surface area (Å²) in [6, 6.07) is -0.324. The van der Waals surface area contributed by atoms with Crippen molar-refractivity contribution in [3.05, 3.63) is 12.7 Å². The van der Waals surface area contributed by atoms with Crippen molar-refractivity contribution in [1.29, 1.82) is 0 Å². The molecule has 0 bridgehead atoms. The first kappa shape index (κ1) is 14.7. The molecule has 1 unspecified atom stereocenters. The number of ketones is 1. The van der Waals surface area contributed by atoms with E-state index in [4.69, 9.17) is 4.74 Å². The molecule has 0 spiro atoms. The number of likely N-dealkylation sites (tertiary alicyclic amines) is 1. The number of Topliss-reactive ketones (excluding diaryl/α,β-unsaturated/α-hetero) is 1. The lowest BCUT2D eigenvalue weighted by molar-refractivity contribution is -0.124. The van der Waals surface area contributed by atoms with Crippen molar-refractivity contribution in [3.63, 3.8) is 0 Å². The molecule has 1 rings (SSSR count). The van der Waals surface area contributed by atoms with E-state index < -0.39 is 5.60 Å². The molecule has 1 heterocycles. The van der Waals surface area contributed by atoms with Crippen LogP contribution in [-0.2, 0) is 9.53 Å². The van der Waals surface area contributed by atoms with Gasteiger partial charge in [-0.25, -0.2) is 4.79 Å². The number of rotatable bonds is 2. The normalized spacial score (nSPS) is 24.9. The second kappa shape index (κ2) is 5.55. The van der Waals surface area contributed by atoms with Crippen LogP contribution in [0.5, 0.6) is 0 Å². The van der Waals surface area contributed by atoms with E-state index in [0.29, 0.717) is 12.8 Å². The molecule has 2 atom stereocenters. The molecule has 1 aliphatic heterocycles. The van der Waals surface area contributed by atoms with Crippen LogP contribution >= 0.6 is 0 Å². The summed E-state index contributed by atoms with van der Waals surface area (Å²) < 4.78 is 5.40. The second-order valence-electron chi connectivity index (χ2n) is 5.70. The van der Waals surface area contributed by atoms with E-state index in [2.05, 4.69) is 6.58 Å². The second-order valence-corrected chi connectivity index (χ2v) is 5.70. The molecule has 4 heteroatoms. The van der Waals surface area contributed by atoms with E-state index in [1.165, 1.54) is 0 Å². The van der Waals surface area contributed by atoms with Gasteiger partial charge in [0.15, 0.2) is 0 Å². The van der Waals surface area contributed by atoms with E-state index in [1.54, 1.807) is 11.0 Å². The first-order valence-electron chi connectivity index (χ1n) is 6.44. The lowest BCUT2D eigenvalue weighted by Gasteiger charge is -2.40. The Morgan fingerprint density at radius 2 is 2.11 bits per heavy atom. The van der Waals surface area contributed by atoms with Gasteiger partial charge in [0.1, 0.15) is 11.4 Å².